The lowest BCUT2D eigenvalue weighted by atomic mass is 9.98. The minimum absolute atomic E-state index is 1.19. The summed E-state index contributed by atoms with van der Waals surface area (Å²) in [6, 6.07) is 125. The SMILES string of the molecule is c1ccc(-n2c3ccccc3c3c4c5ccccc5n5cc6ccccc6c5c4ccc32)cc1.c1ccc(-n2c3ccccc3c3cc4c5ccccc5n5cc6ccccc6c5c4cc32)cc1.c1ccc(-n2c3ccccc3c3ccc4c(c5ccccc5n5cc6ccccc6c45)c32)cc1. The summed E-state index contributed by atoms with van der Waals surface area (Å²) in [7, 11) is 0. The number of hydrogen-bond acceptors (Lipinski definition) is 0. The molecular formula is C96H60N6. The van der Waals surface area contributed by atoms with Crippen molar-refractivity contribution in [2.45, 2.75) is 0 Å². The molecule has 0 atom stereocenters. The molecule has 0 saturated carbocycles. The maximum atomic E-state index is 2.45. The molecule has 9 heterocycles. The van der Waals surface area contributed by atoms with Gasteiger partial charge in [-0.2, -0.15) is 0 Å². The highest BCUT2D eigenvalue weighted by Crippen LogP contribution is 2.47. The number of aromatic nitrogens is 6. The smallest absolute Gasteiger partial charge is 0.0627 e. The molecule has 0 saturated heterocycles. The molecule has 0 N–H and O–H groups in total. The van der Waals surface area contributed by atoms with Gasteiger partial charge in [0.1, 0.15) is 0 Å². The second-order valence-corrected chi connectivity index (χ2v) is 27.1. The van der Waals surface area contributed by atoms with Crippen LogP contribution >= 0.6 is 0 Å². The van der Waals surface area contributed by atoms with E-state index in [-0.39, 0.29) is 0 Å². The van der Waals surface area contributed by atoms with Gasteiger partial charge in [-0.05, 0) is 96.4 Å². The zero-order valence-corrected chi connectivity index (χ0v) is 55.3. The number of para-hydroxylation sites is 9. The topological polar surface area (TPSA) is 28.0 Å². The van der Waals surface area contributed by atoms with Gasteiger partial charge < -0.3 is 26.9 Å². The van der Waals surface area contributed by atoms with E-state index in [4.69, 9.17) is 0 Å². The summed E-state index contributed by atoms with van der Waals surface area (Å²) in [5.41, 5.74) is 18.6. The van der Waals surface area contributed by atoms with Gasteiger partial charge in [-0.1, -0.05) is 255 Å². The maximum absolute atomic E-state index is 2.45. The molecule has 9 aromatic heterocycles. The first kappa shape index (κ1) is 56.3. The predicted octanol–water partition coefficient (Wildman–Crippen LogP) is 25.5. The Morgan fingerprint density at radius 2 is 0.471 bits per heavy atom. The van der Waals surface area contributed by atoms with E-state index in [9.17, 15) is 0 Å². The number of nitrogens with zero attached hydrogens (tertiary/aromatic N) is 6. The van der Waals surface area contributed by atoms with E-state index in [1.165, 1.54) is 196 Å². The maximum Gasteiger partial charge on any atom is 0.0627 e. The molecule has 474 valence electrons. The van der Waals surface area contributed by atoms with Crippen LogP contribution < -0.4 is 0 Å². The third-order valence-electron chi connectivity index (χ3n) is 21.8. The lowest BCUT2D eigenvalue weighted by Crippen LogP contribution is -1.96. The molecule has 0 spiro atoms. The minimum atomic E-state index is 1.19. The van der Waals surface area contributed by atoms with Crippen LogP contribution in [0.2, 0.25) is 0 Å². The molecule has 0 radical (unpaired) electrons. The number of hydrogen-bond donors (Lipinski definition) is 0. The molecule has 24 aromatic rings. The highest BCUT2D eigenvalue weighted by atomic mass is 15.0. The summed E-state index contributed by atoms with van der Waals surface area (Å²) in [5, 5.41) is 27.1. The Morgan fingerprint density at radius 3 is 0.980 bits per heavy atom. The Kier molecular flexibility index (Phi) is 12.1. The number of fused-ring (bicyclic) bond motifs is 35. The number of benzene rings is 15. The minimum Gasteiger partial charge on any atom is -0.315 e. The van der Waals surface area contributed by atoms with Crippen molar-refractivity contribution < 1.29 is 0 Å². The van der Waals surface area contributed by atoms with Crippen molar-refractivity contribution in [2.75, 3.05) is 0 Å². The lowest BCUT2D eigenvalue weighted by Gasteiger charge is -2.14. The van der Waals surface area contributed by atoms with Gasteiger partial charge in [0.15, 0.2) is 0 Å². The number of pyridine rings is 3. The van der Waals surface area contributed by atoms with E-state index in [1.807, 2.05) is 0 Å². The Morgan fingerprint density at radius 1 is 0.147 bits per heavy atom. The van der Waals surface area contributed by atoms with Crippen LogP contribution in [0.1, 0.15) is 0 Å². The molecule has 0 unspecified atom stereocenters. The molecule has 6 heteroatoms. The van der Waals surface area contributed by atoms with Gasteiger partial charge in [-0.3, -0.25) is 0 Å². The van der Waals surface area contributed by atoms with Crippen LogP contribution in [0.15, 0.2) is 364 Å². The fourth-order valence-corrected chi connectivity index (χ4v) is 17.6. The van der Waals surface area contributed by atoms with Crippen LogP contribution in [-0.2, 0) is 0 Å². The molecule has 6 nitrogen and oxygen atoms in total. The standard InChI is InChI=1S/3C32H20N2/c1-2-11-22(12-3-1)34-29-17-9-6-14-24(29)25-18-19-27-30(32(25)34)26-15-7-8-16-28(26)33-20-21-10-4-5-13-23(21)31(27)33;1-2-11-22(12-3-1)34-30-17-9-7-15-25(30)27-18-26-24-14-6-8-16-29(24)33-20-21-10-4-5-13-23(21)32(33)28(26)19-31(27)34;1-2-11-22(12-3-1)34-28-17-9-7-15-25(28)31-29(34)19-18-26-30(31)24-14-6-8-16-27(24)33-20-21-10-4-5-13-23(21)32(26)33/h3*1-20H. The first-order chi connectivity index (χ1) is 50.7. The third kappa shape index (κ3) is 8.05. The molecule has 102 heavy (non-hydrogen) atoms. The average molecular weight is 1300 g/mol. The number of rotatable bonds is 3. The van der Waals surface area contributed by atoms with Crippen LogP contribution in [0.3, 0.4) is 0 Å². The normalized spacial score (nSPS) is 12.1. The van der Waals surface area contributed by atoms with E-state index >= 15 is 0 Å². The summed E-state index contributed by atoms with van der Waals surface area (Å²) < 4.78 is 14.4. The molecule has 0 aliphatic heterocycles. The molecule has 0 amide bonds. The molecule has 15 aromatic carbocycles. The lowest BCUT2D eigenvalue weighted by molar-refractivity contribution is 1.18. The van der Waals surface area contributed by atoms with E-state index < -0.39 is 0 Å². The zero-order chi connectivity index (χ0) is 66.7. The summed E-state index contributed by atoms with van der Waals surface area (Å²) >= 11 is 0. The van der Waals surface area contributed by atoms with Gasteiger partial charge in [0, 0.05) is 143 Å². The largest absolute Gasteiger partial charge is 0.315 e. The van der Waals surface area contributed by atoms with Crippen LogP contribution in [0.4, 0.5) is 0 Å². The zero-order valence-electron chi connectivity index (χ0n) is 55.3. The van der Waals surface area contributed by atoms with Gasteiger partial charge in [-0.15, -0.1) is 0 Å². The van der Waals surface area contributed by atoms with Crippen molar-refractivity contribution in [1.82, 2.24) is 26.9 Å². The van der Waals surface area contributed by atoms with E-state index in [1.54, 1.807) is 0 Å². The highest BCUT2D eigenvalue weighted by molar-refractivity contribution is 6.34. The molecular weight excluding hydrogens is 1240 g/mol. The molecule has 0 aliphatic carbocycles. The molecule has 24 rings (SSSR count). The van der Waals surface area contributed by atoms with Crippen LogP contribution in [0.5, 0.6) is 0 Å². The quantitative estimate of drug-likeness (QED) is 0.158. The predicted molar refractivity (Wildman–Crippen MR) is 433 cm³/mol. The van der Waals surface area contributed by atoms with Gasteiger partial charge in [-0.25, -0.2) is 0 Å². The van der Waals surface area contributed by atoms with Crippen molar-refractivity contribution in [3.63, 3.8) is 0 Å². The highest BCUT2D eigenvalue weighted by Gasteiger charge is 2.24. The van der Waals surface area contributed by atoms with Crippen molar-refractivity contribution in [1.29, 1.82) is 0 Å². The van der Waals surface area contributed by atoms with Crippen LogP contribution in [0.25, 0.3) is 196 Å². The van der Waals surface area contributed by atoms with Crippen LogP contribution in [-0.4, -0.2) is 26.9 Å². The first-order valence-corrected chi connectivity index (χ1v) is 35.1. The van der Waals surface area contributed by atoms with E-state index in [0.29, 0.717) is 0 Å². The van der Waals surface area contributed by atoms with Crippen LogP contribution in [0, 0.1) is 0 Å². The summed E-state index contributed by atoms with van der Waals surface area (Å²) in [5.74, 6) is 0. The monoisotopic (exact) mass is 1300 g/mol. The fraction of sp³-hybridized carbons (Fsp3) is 0. The van der Waals surface area contributed by atoms with Gasteiger partial charge in [0.05, 0.1) is 66.2 Å². The van der Waals surface area contributed by atoms with Gasteiger partial charge in [0.25, 0.3) is 0 Å². The summed E-state index contributed by atoms with van der Waals surface area (Å²) in [6.07, 6.45) is 6.84. The third-order valence-corrected chi connectivity index (χ3v) is 21.8. The van der Waals surface area contributed by atoms with Crippen molar-refractivity contribution in [2.24, 2.45) is 0 Å². The fourth-order valence-electron chi connectivity index (χ4n) is 17.6. The van der Waals surface area contributed by atoms with E-state index in [2.05, 4.69) is 391 Å². The average Bonchev–Trinajstić information content (AvgIpc) is 1.58. The first-order valence-electron chi connectivity index (χ1n) is 35.1. The molecule has 0 fully saturated rings. The Hall–Kier alpha value is -13.7. The van der Waals surface area contributed by atoms with Crippen molar-refractivity contribution in [3.05, 3.63) is 364 Å². The molecule has 0 bridgehead atoms. The summed E-state index contributed by atoms with van der Waals surface area (Å²) in [4.78, 5) is 0. The Balaban J connectivity index is 0.0000000967. The summed E-state index contributed by atoms with van der Waals surface area (Å²) in [6.45, 7) is 0. The Labute approximate surface area is 584 Å². The second kappa shape index (κ2) is 21.9. The Bertz CT molecular complexity index is 7520. The van der Waals surface area contributed by atoms with Crippen molar-refractivity contribution >= 4 is 179 Å². The molecule has 0 aliphatic rings. The van der Waals surface area contributed by atoms with Gasteiger partial charge >= 0.3 is 0 Å². The second-order valence-electron chi connectivity index (χ2n) is 27.1. The van der Waals surface area contributed by atoms with Crippen molar-refractivity contribution in [3.8, 4) is 17.1 Å². The van der Waals surface area contributed by atoms with Gasteiger partial charge in [0.2, 0.25) is 0 Å². The van der Waals surface area contributed by atoms with E-state index in [0.717, 1.165) is 0 Å².